The minimum absolute atomic E-state index is 0.0181. The van der Waals surface area contributed by atoms with Crippen molar-refractivity contribution < 1.29 is 19.1 Å². The monoisotopic (exact) mass is 380 g/mol. The van der Waals surface area contributed by atoms with E-state index < -0.39 is 26.4 Å². The number of rotatable bonds is 10. The molecule has 0 aliphatic carbocycles. The van der Waals surface area contributed by atoms with E-state index in [4.69, 9.17) is 9.16 Å². The molecular weight excluding hydrogens is 344 g/mol. The van der Waals surface area contributed by atoms with Crippen LogP contribution in [0.2, 0.25) is 19.6 Å². The molecule has 0 aliphatic heterocycles. The standard InChI is InChI=1S/C21H36O4Si/c1-16(19(23)20(21(2,3)4)25-26(5,6)7)18(22)13-14-24-15-17-11-9-8-10-12-17/h8-12,16,18,20,22H,13-15H2,1-7H3/t16-,18+,20+/m0/s1. The minimum Gasteiger partial charge on any atom is -0.407 e. The van der Waals surface area contributed by atoms with Crippen molar-refractivity contribution in [2.24, 2.45) is 11.3 Å². The van der Waals surface area contributed by atoms with Crippen molar-refractivity contribution in [3.8, 4) is 0 Å². The molecule has 0 spiro atoms. The average molecular weight is 381 g/mol. The summed E-state index contributed by atoms with van der Waals surface area (Å²) < 4.78 is 11.8. The molecule has 26 heavy (non-hydrogen) atoms. The summed E-state index contributed by atoms with van der Waals surface area (Å²) in [4.78, 5) is 13.0. The number of ether oxygens (including phenoxy) is 1. The quantitative estimate of drug-likeness (QED) is 0.482. The van der Waals surface area contributed by atoms with Crippen LogP contribution in [0.1, 0.15) is 39.7 Å². The highest BCUT2D eigenvalue weighted by atomic mass is 28.4. The van der Waals surface area contributed by atoms with Crippen molar-refractivity contribution in [2.75, 3.05) is 6.61 Å². The first-order valence-electron chi connectivity index (χ1n) is 9.43. The fraction of sp³-hybridized carbons (Fsp3) is 0.667. The summed E-state index contributed by atoms with van der Waals surface area (Å²) in [5.74, 6) is -0.494. The maximum Gasteiger partial charge on any atom is 0.184 e. The van der Waals surface area contributed by atoms with Crippen LogP contribution in [0.15, 0.2) is 30.3 Å². The van der Waals surface area contributed by atoms with Gasteiger partial charge in [0.2, 0.25) is 0 Å². The van der Waals surface area contributed by atoms with Gasteiger partial charge in [0.25, 0.3) is 0 Å². The van der Waals surface area contributed by atoms with E-state index in [-0.39, 0.29) is 11.2 Å². The van der Waals surface area contributed by atoms with Crippen molar-refractivity contribution in [1.29, 1.82) is 0 Å². The molecule has 1 rings (SSSR count). The number of carbonyl (C=O) groups excluding carboxylic acids is 1. The van der Waals surface area contributed by atoms with E-state index in [1.54, 1.807) is 6.92 Å². The molecule has 0 unspecified atom stereocenters. The smallest absolute Gasteiger partial charge is 0.184 e. The average Bonchev–Trinajstić information content (AvgIpc) is 2.54. The molecule has 0 radical (unpaired) electrons. The highest BCUT2D eigenvalue weighted by molar-refractivity contribution is 6.69. The van der Waals surface area contributed by atoms with E-state index in [1.165, 1.54) is 0 Å². The van der Waals surface area contributed by atoms with Crippen LogP contribution in [0, 0.1) is 11.3 Å². The van der Waals surface area contributed by atoms with Gasteiger partial charge in [-0.15, -0.1) is 0 Å². The van der Waals surface area contributed by atoms with Gasteiger partial charge < -0.3 is 14.3 Å². The van der Waals surface area contributed by atoms with Gasteiger partial charge in [-0.25, -0.2) is 0 Å². The molecule has 0 fully saturated rings. The van der Waals surface area contributed by atoms with Crippen molar-refractivity contribution >= 4 is 14.1 Å². The van der Waals surface area contributed by atoms with Gasteiger partial charge in [0.05, 0.1) is 12.7 Å². The van der Waals surface area contributed by atoms with Crippen LogP contribution in [0.3, 0.4) is 0 Å². The number of hydrogen-bond donors (Lipinski definition) is 1. The molecule has 0 heterocycles. The summed E-state index contributed by atoms with van der Waals surface area (Å²) in [5, 5.41) is 10.5. The molecule has 0 aromatic heterocycles. The predicted molar refractivity (Wildman–Crippen MR) is 109 cm³/mol. The number of ketones is 1. The summed E-state index contributed by atoms with van der Waals surface area (Å²) >= 11 is 0. The Morgan fingerprint density at radius 1 is 1.15 bits per heavy atom. The van der Waals surface area contributed by atoms with Crippen molar-refractivity contribution in [1.82, 2.24) is 0 Å². The zero-order chi connectivity index (χ0) is 20.0. The van der Waals surface area contributed by atoms with E-state index in [9.17, 15) is 9.90 Å². The van der Waals surface area contributed by atoms with Crippen LogP contribution < -0.4 is 0 Å². The summed E-state index contributed by atoms with van der Waals surface area (Å²) in [6.07, 6.45) is -0.791. The second-order valence-corrected chi connectivity index (χ2v) is 13.5. The molecule has 0 bridgehead atoms. The summed E-state index contributed by atoms with van der Waals surface area (Å²) in [6, 6.07) is 9.92. The molecule has 1 aromatic carbocycles. The molecule has 0 saturated heterocycles. The summed E-state index contributed by atoms with van der Waals surface area (Å²) in [5.41, 5.74) is 0.803. The molecule has 0 amide bonds. The molecule has 1 aromatic rings. The largest absolute Gasteiger partial charge is 0.407 e. The lowest BCUT2D eigenvalue weighted by atomic mass is 9.81. The highest BCUT2D eigenvalue weighted by Crippen LogP contribution is 2.29. The van der Waals surface area contributed by atoms with Crippen LogP contribution in [0.4, 0.5) is 0 Å². The van der Waals surface area contributed by atoms with Gasteiger partial charge in [-0.3, -0.25) is 4.79 Å². The Labute approximate surface area is 160 Å². The minimum atomic E-state index is -1.87. The Hall–Kier alpha value is -1.01. The first-order valence-corrected chi connectivity index (χ1v) is 12.8. The third kappa shape index (κ3) is 8.12. The van der Waals surface area contributed by atoms with E-state index in [0.717, 1.165) is 5.56 Å². The van der Waals surface area contributed by atoms with E-state index in [0.29, 0.717) is 19.6 Å². The van der Waals surface area contributed by atoms with Crippen molar-refractivity contribution in [2.45, 2.75) is 72.6 Å². The number of carbonyl (C=O) groups is 1. The number of hydrogen-bond acceptors (Lipinski definition) is 4. The molecule has 3 atom stereocenters. The van der Waals surface area contributed by atoms with Crippen LogP contribution in [0.25, 0.3) is 0 Å². The van der Waals surface area contributed by atoms with Gasteiger partial charge in [-0.2, -0.15) is 0 Å². The van der Waals surface area contributed by atoms with Gasteiger partial charge in [-0.05, 0) is 37.0 Å². The summed E-state index contributed by atoms with van der Waals surface area (Å²) in [7, 11) is -1.87. The number of Topliss-reactive ketones (excluding diaryl/α,β-unsaturated/α-hetero) is 1. The predicted octanol–water partition coefficient (Wildman–Crippen LogP) is 4.43. The van der Waals surface area contributed by atoms with Crippen molar-refractivity contribution in [3.05, 3.63) is 35.9 Å². The third-order valence-electron chi connectivity index (χ3n) is 4.21. The van der Waals surface area contributed by atoms with E-state index in [2.05, 4.69) is 19.6 Å². The van der Waals surface area contributed by atoms with Gasteiger partial charge in [-0.1, -0.05) is 58.0 Å². The third-order valence-corrected chi connectivity index (χ3v) is 5.15. The van der Waals surface area contributed by atoms with Gasteiger partial charge in [0.15, 0.2) is 14.1 Å². The van der Waals surface area contributed by atoms with Crippen LogP contribution in [0.5, 0.6) is 0 Å². The Kier molecular flexibility index (Phi) is 8.67. The van der Waals surface area contributed by atoms with E-state index >= 15 is 0 Å². The normalized spacial score (nSPS) is 16.2. The SMILES string of the molecule is C[C@H](C(=O)[C@@H](O[Si](C)(C)C)C(C)(C)C)[C@H](O)CCOCc1ccccc1. The van der Waals surface area contributed by atoms with E-state index in [1.807, 2.05) is 51.1 Å². The van der Waals surface area contributed by atoms with Crippen LogP contribution >= 0.6 is 0 Å². The lowest BCUT2D eigenvalue weighted by Gasteiger charge is -2.36. The van der Waals surface area contributed by atoms with Crippen LogP contribution in [-0.4, -0.2) is 38.0 Å². The van der Waals surface area contributed by atoms with Crippen LogP contribution in [-0.2, 0) is 20.6 Å². The number of aliphatic hydroxyl groups excluding tert-OH is 1. The molecule has 1 N–H and O–H groups in total. The molecule has 0 aliphatic rings. The molecular formula is C21H36O4Si. The zero-order valence-electron chi connectivity index (χ0n) is 17.4. The highest BCUT2D eigenvalue weighted by Gasteiger charge is 2.39. The molecule has 148 valence electrons. The van der Waals surface area contributed by atoms with Gasteiger partial charge in [0, 0.05) is 12.5 Å². The maximum absolute atomic E-state index is 13.0. The first kappa shape index (κ1) is 23.0. The topological polar surface area (TPSA) is 55.8 Å². The number of benzene rings is 1. The van der Waals surface area contributed by atoms with Gasteiger partial charge >= 0.3 is 0 Å². The number of aliphatic hydroxyl groups is 1. The lowest BCUT2D eigenvalue weighted by Crippen LogP contribution is -2.48. The van der Waals surface area contributed by atoms with Gasteiger partial charge in [0.1, 0.15) is 6.10 Å². The Balaban J connectivity index is 2.55. The van der Waals surface area contributed by atoms with Crippen molar-refractivity contribution in [3.63, 3.8) is 0 Å². The lowest BCUT2D eigenvalue weighted by molar-refractivity contribution is -0.138. The first-order chi connectivity index (χ1) is 11.9. The fourth-order valence-electron chi connectivity index (χ4n) is 2.66. The maximum atomic E-state index is 13.0. The summed E-state index contributed by atoms with van der Waals surface area (Å²) in [6.45, 7) is 15.0. The Morgan fingerprint density at radius 2 is 1.73 bits per heavy atom. The molecule has 5 heteroatoms. The Bertz CT molecular complexity index is 545. The zero-order valence-corrected chi connectivity index (χ0v) is 18.4. The fourth-order valence-corrected chi connectivity index (χ4v) is 3.84. The second-order valence-electron chi connectivity index (χ2n) is 9.06. The molecule has 4 nitrogen and oxygen atoms in total. The second kappa shape index (κ2) is 9.79. The molecule has 0 saturated carbocycles. The Morgan fingerprint density at radius 3 is 2.23 bits per heavy atom.